The van der Waals surface area contributed by atoms with Crippen LogP contribution in [0.2, 0.25) is 0 Å². The Bertz CT molecular complexity index is 992. The molecular weight excluding hydrogens is 348 g/mol. The molecule has 1 aliphatic carbocycles. The fourth-order valence-corrected chi connectivity index (χ4v) is 3.86. The molecule has 0 bridgehead atoms. The average molecular weight is 368 g/mol. The normalized spacial score (nSPS) is 14.1. The number of hydrogen-bond donors (Lipinski definition) is 1. The van der Waals surface area contributed by atoms with Crippen LogP contribution < -0.4 is 10.9 Å². The molecule has 3 aromatic rings. The standard InChI is InChI=1S/C19H20N4O2S/c1-20-18(24)17-15-6-2-3-7-16(15)19(25)23(21-17)12-22(13-8-9-13)11-14-5-4-10-26-14/h2-7,10,13H,8-9,11-12H2,1H3,(H,20,24). The number of carbonyl (C=O) groups is 1. The van der Waals surface area contributed by atoms with Crippen LogP contribution in [0.25, 0.3) is 10.8 Å². The van der Waals surface area contributed by atoms with Crippen LogP contribution in [0.3, 0.4) is 0 Å². The Labute approximate surface area is 155 Å². The van der Waals surface area contributed by atoms with E-state index in [2.05, 4.69) is 26.8 Å². The predicted octanol–water partition coefficient (Wildman–Crippen LogP) is 2.44. The van der Waals surface area contributed by atoms with E-state index in [1.807, 2.05) is 18.2 Å². The molecule has 1 aliphatic rings. The summed E-state index contributed by atoms with van der Waals surface area (Å²) >= 11 is 1.71. The number of fused-ring (bicyclic) bond motifs is 1. The van der Waals surface area contributed by atoms with Crippen LogP contribution in [0.15, 0.2) is 46.6 Å². The van der Waals surface area contributed by atoms with Gasteiger partial charge in [-0.15, -0.1) is 11.3 Å². The zero-order valence-electron chi connectivity index (χ0n) is 14.5. The minimum absolute atomic E-state index is 0.162. The molecule has 0 aliphatic heterocycles. The lowest BCUT2D eigenvalue weighted by molar-refractivity contribution is 0.0955. The van der Waals surface area contributed by atoms with E-state index in [0.717, 1.165) is 19.4 Å². The molecular formula is C19H20N4O2S. The molecule has 1 saturated carbocycles. The zero-order chi connectivity index (χ0) is 18.1. The van der Waals surface area contributed by atoms with Gasteiger partial charge in [-0.2, -0.15) is 5.10 Å². The first-order chi connectivity index (χ1) is 12.7. The highest BCUT2D eigenvalue weighted by atomic mass is 32.1. The molecule has 1 aromatic carbocycles. The predicted molar refractivity (Wildman–Crippen MR) is 102 cm³/mol. The van der Waals surface area contributed by atoms with E-state index in [9.17, 15) is 9.59 Å². The van der Waals surface area contributed by atoms with Gasteiger partial charge in [0.2, 0.25) is 0 Å². The number of nitrogens with one attached hydrogen (secondary N) is 1. The van der Waals surface area contributed by atoms with Crippen molar-refractivity contribution in [2.45, 2.75) is 32.1 Å². The smallest absolute Gasteiger partial charge is 0.275 e. The summed E-state index contributed by atoms with van der Waals surface area (Å²) in [6, 6.07) is 11.8. The second-order valence-corrected chi connectivity index (χ2v) is 7.51. The molecule has 0 atom stereocenters. The summed E-state index contributed by atoms with van der Waals surface area (Å²) in [6.45, 7) is 1.18. The first kappa shape index (κ1) is 16.9. The molecule has 0 radical (unpaired) electrons. The van der Waals surface area contributed by atoms with E-state index in [4.69, 9.17) is 0 Å². The van der Waals surface area contributed by atoms with Crippen molar-refractivity contribution in [3.63, 3.8) is 0 Å². The van der Waals surface area contributed by atoms with Crippen molar-refractivity contribution in [1.29, 1.82) is 0 Å². The van der Waals surface area contributed by atoms with E-state index in [-0.39, 0.29) is 17.2 Å². The number of aromatic nitrogens is 2. The fraction of sp³-hybridized carbons (Fsp3) is 0.316. The topological polar surface area (TPSA) is 67.2 Å². The third-order valence-electron chi connectivity index (χ3n) is 4.63. The summed E-state index contributed by atoms with van der Waals surface area (Å²) in [5.41, 5.74) is 0.125. The number of amides is 1. The highest BCUT2D eigenvalue weighted by molar-refractivity contribution is 7.09. The Hall–Kier alpha value is -2.51. The van der Waals surface area contributed by atoms with Crippen molar-refractivity contribution in [3.8, 4) is 0 Å². The largest absolute Gasteiger partial charge is 0.354 e. The van der Waals surface area contributed by atoms with Crippen LogP contribution in [-0.2, 0) is 13.2 Å². The summed E-state index contributed by atoms with van der Waals surface area (Å²) < 4.78 is 1.43. The third-order valence-corrected chi connectivity index (χ3v) is 5.49. The van der Waals surface area contributed by atoms with Crippen LogP contribution in [0.5, 0.6) is 0 Å². The second kappa shape index (κ2) is 7.01. The van der Waals surface area contributed by atoms with Gasteiger partial charge in [-0.05, 0) is 30.4 Å². The van der Waals surface area contributed by atoms with Gasteiger partial charge in [0.25, 0.3) is 11.5 Å². The van der Waals surface area contributed by atoms with Gasteiger partial charge in [0.15, 0.2) is 5.69 Å². The van der Waals surface area contributed by atoms with Crippen molar-refractivity contribution >= 4 is 28.0 Å². The molecule has 2 aromatic heterocycles. The van der Waals surface area contributed by atoms with Gasteiger partial charge in [0, 0.05) is 29.9 Å². The average Bonchev–Trinajstić information content (AvgIpc) is 3.39. The minimum Gasteiger partial charge on any atom is -0.354 e. The van der Waals surface area contributed by atoms with Crippen LogP contribution in [0, 0.1) is 0 Å². The highest BCUT2D eigenvalue weighted by Gasteiger charge is 2.30. The molecule has 7 heteroatoms. The maximum Gasteiger partial charge on any atom is 0.275 e. The Morgan fingerprint density at radius 3 is 2.69 bits per heavy atom. The molecule has 1 amide bonds. The molecule has 4 rings (SSSR count). The molecule has 0 saturated heterocycles. The lowest BCUT2D eigenvalue weighted by Crippen LogP contribution is -2.36. The fourth-order valence-electron chi connectivity index (χ4n) is 3.13. The molecule has 26 heavy (non-hydrogen) atoms. The van der Waals surface area contributed by atoms with Crippen molar-refractivity contribution < 1.29 is 4.79 Å². The van der Waals surface area contributed by atoms with Gasteiger partial charge in [-0.3, -0.25) is 14.5 Å². The Morgan fingerprint density at radius 1 is 1.27 bits per heavy atom. The minimum atomic E-state index is -0.286. The monoisotopic (exact) mass is 368 g/mol. The van der Waals surface area contributed by atoms with Gasteiger partial charge in [-0.1, -0.05) is 24.3 Å². The molecule has 134 valence electrons. The zero-order valence-corrected chi connectivity index (χ0v) is 15.3. The summed E-state index contributed by atoms with van der Waals surface area (Å²) in [5, 5.41) is 10.2. The SMILES string of the molecule is CNC(=O)c1nn(CN(Cc2cccs2)C2CC2)c(=O)c2ccccc12. The number of carbonyl (C=O) groups excluding carboxylic acids is 1. The first-order valence-corrected chi connectivity index (χ1v) is 9.53. The van der Waals surface area contributed by atoms with Crippen LogP contribution >= 0.6 is 11.3 Å². The number of nitrogens with zero attached hydrogens (tertiary/aromatic N) is 3. The van der Waals surface area contributed by atoms with Gasteiger partial charge < -0.3 is 5.32 Å². The van der Waals surface area contributed by atoms with Crippen molar-refractivity contribution in [2.24, 2.45) is 0 Å². The summed E-state index contributed by atoms with van der Waals surface area (Å²) in [5.74, 6) is -0.286. The Balaban J connectivity index is 1.74. The van der Waals surface area contributed by atoms with Gasteiger partial charge >= 0.3 is 0 Å². The second-order valence-electron chi connectivity index (χ2n) is 6.48. The first-order valence-electron chi connectivity index (χ1n) is 8.65. The van der Waals surface area contributed by atoms with Crippen molar-refractivity contribution in [3.05, 3.63) is 62.7 Å². The van der Waals surface area contributed by atoms with E-state index >= 15 is 0 Å². The quantitative estimate of drug-likeness (QED) is 0.726. The number of benzene rings is 1. The van der Waals surface area contributed by atoms with Gasteiger partial charge in [0.05, 0.1) is 12.1 Å². The molecule has 2 heterocycles. The molecule has 1 N–H and O–H groups in total. The van der Waals surface area contributed by atoms with E-state index in [1.54, 1.807) is 30.5 Å². The molecule has 0 unspecified atom stereocenters. The number of rotatable bonds is 6. The lowest BCUT2D eigenvalue weighted by atomic mass is 10.1. The Kier molecular flexibility index (Phi) is 4.57. The molecule has 6 nitrogen and oxygen atoms in total. The summed E-state index contributed by atoms with van der Waals surface area (Å²) in [6.07, 6.45) is 2.27. The number of hydrogen-bond acceptors (Lipinski definition) is 5. The molecule has 1 fully saturated rings. The maximum atomic E-state index is 12.9. The summed E-state index contributed by atoms with van der Waals surface area (Å²) in [4.78, 5) is 28.7. The van der Waals surface area contributed by atoms with Gasteiger partial charge in [0.1, 0.15) is 0 Å². The van der Waals surface area contributed by atoms with Crippen LogP contribution in [0.4, 0.5) is 0 Å². The van der Waals surface area contributed by atoms with E-state index in [0.29, 0.717) is 23.5 Å². The molecule has 0 spiro atoms. The summed E-state index contributed by atoms with van der Waals surface area (Å²) in [7, 11) is 1.57. The maximum absolute atomic E-state index is 12.9. The highest BCUT2D eigenvalue weighted by Crippen LogP contribution is 2.29. The van der Waals surface area contributed by atoms with Crippen molar-refractivity contribution in [1.82, 2.24) is 20.0 Å². The number of thiophene rings is 1. The van der Waals surface area contributed by atoms with Crippen molar-refractivity contribution in [2.75, 3.05) is 7.05 Å². The van der Waals surface area contributed by atoms with Crippen LogP contribution in [0.1, 0.15) is 28.2 Å². The third kappa shape index (κ3) is 3.27. The lowest BCUT2D eigenvalue weighted by Gasteiger charge is -2.22. The van der Waals surface area contributed by atoms with E-state index < -0.39 is 0 Å². The van der Waals surface area contributed by atoms with Crippen LogP contribution in [-0.4, -0.2) is 33.7 Å². The van der Waals surface area contributed by atoms with Gasteiger partial charge in [-0.25, -0.2) is 4.68 Å². The van der Waals surface area contributed by atoms with E-state index in [1.165, 1.54) is 9.56 Å². The Morgan fingerprint density at radius 2 is 2.04 bits per heavy atom.